The second-order valence-corrected chi connectivity index (χ2v) is 5.17. The Morgan fingerprint density at radius 1 is 1.29 bits per heavy atom. The van der Waals surface area contributed by atoms with Gasteiger partial charge >= 0.3 is 0 Å². The molecule has 1 saturated carbocycles. The highest BCUT2D eigenvalue weighted by Gasteiger charge is 2.13. The van der Waals surface area contributed by atoms with E-state index >= 15 is 0 Å². The highest BCUT2D eigenvalue weighted by atomic mass is 35.5. The normalized spacial score (nSPS) is 21.0. The van der Waals surface area contributed by atoms with Gasteiger partial charge in [-0.05, 0) is 31.7 Å². The Kier molecular flexibility index (Phi) is 6.63. The quantitative estimate of drug-likeness (QED) is 0.671. The van der Waals surface area contributed by atoms with Crippen LogP contribution in [0, 0.1) is 5.92 Å². The topological polar surface area (TPSA) is 12.0 Å². The third kappa shape index (κ3) is 5.21. The van der Waals surface area contributed by atoms with Crippen molar-refractivity contribution in [1.29, 1.82) is 0 Å². The van der Waals surface area contributed by atoms with E-state index in [0.717, 1.165) is 18.9 Å². The van der Waals surface area contributed by atoms with Crippen LogP contribution in [0.1, 0.15) is 51.9 Å². The van der Waals surface area contributed by atoms with E-state index in [2.05, 4.69) is 12.2 Å². The van der Waals surface area contributed by atoms with Gasteiger partial charge in [0.05, 0.1) is 0 Å². The van der Waals surface area contributed by atoms with Crippen molar-refractivity contribution < 1.29 is 0 Å². The molecule has 0 spiro atoms. The SMILES string of the molecule is CCCC(Cl)CNCC1CCCCC1. The van der Waals surface area contributed by atoms with Crippen molar-refractivity contribution in [2.75, 3.05) is 13.1 Å². The van der Waals surface area contributed by atoms with Crippen LogP contribution in [0.4, 0.5) is 0 Å². The van der Waals surface area contributed by atoms with Gasteiger partial charge in [-0.2, -0.15) is 0 Å². The van der Waals surface area contributed by atoms with Crippen molar-refractivity contribution in [1.82, 2.24) is 5.32 Å². The Bertz CT molecular complexity index is 132. The van der Waals surface area contributed by atoms with Crippen LogP contribution in [0.2, 0.25) is 0 Å². The molecule has 84 valence electrons. The molecule has 0 bridgehead atoms. The van der Waals surface area contributed by atoms with Gasteiger partial charge in [0, 0.05) is 11.9 Å². The lowest BCUT2D eigenvalue weighted by atomic mass is 9.89. The Balaban J connectivity index is 1.96. The maximum atomic E-state index is 6.14. The van der Waals surface area contributed by atoms with Gasteiger partial charge in [-0.15, -0.1) is 11.6 Å². The van der Waals surface area contributed by atoms with Crippen LogP contribution in [0.25, 0.3) is 0 Å². The molecule has 0 aromatic heterocycles. The summed E-state index contributed by atoms with van der Waals surface area (Å²) in [7, 11) is 0. The molecule has 1 aliphatic carbocycles. The van der Waals surface area contributed by atoms with Crippen molar-refractivity contribution in [3.63, 3.8) is 0 Å². The van der Waals surface area contributed by atoms with Gasteiger partial charge < -0.3 is 5.32 Å². The predicted molar refractivity (Wildman–Crippen MR) is 64.0 cm³/mol. The molecule has 0 heterocycles. The number of halogens is 1. The Morgan fingerprint density at radius 2 is 2.00 bits per heavy atom. The molecule has 0 amide bonds. The van der Waals surface area contributed by atoms with Gasteiger partial charge in [0.25, 0.3) is 0 Å². The molecule has 1 nitrogen and oxygen atoms in total. The third-order valence-corrected chi connectivity index (χ3v) is 3.50. The lowest BCUT2D eigenvalue weighted by molar-refractivity contribution is 0.342. The smallest absolute Gasteiger partial charge is 0.0460 e. The van der Waals surface area contributed by atoms with Crippen LogP contribution in [0.3, 0.4) is 0 Å². The molecule has 1 rings (SSSR count). The molecule has 1 aliphatic rings. The summed E-state index contributed by atoms with van der Waals surface area (Å²) in [5.74, 6) is 0.925. The van der Waals surface area contributed by atoms with E-state index in [4.69, 9.17) is 11.6 Å². The van der Waals surface area contributed by atoms with E-state index in [9.17, 15) is 0 Å². The fraction of sp³-hybridized carbons (Fsp3) is 1.00. The zero-order chi connectivity index (χ0) is 10.2. The average Bonchev–Trinajstić information content (AvgIpc) is 2.20. The molecular formula is C12H24ClN. The van der Waals surface area contributed by atoms with E-state index in [1.165, 1.54) is 45.1 Å². The number of alkyl halides is 1. The zero-order valence-electron chi connectivity index (χ0n) is 9.40. The van der Waals surface area contributed by atoms with Crippen molar-refractivity contribution in [2.24, 2.45) is 5.92 Å². The van der Waals surface area contributed by atoms with Crippen LogP contribution in [-0.4, -0.2) is 18.5 Å². The maximum Gasteiger partial charge on any atom is 0.0460 e. The first-order valence-corrected chi connectivity index (χ1v) is 6.61. The summed E-state index contributed by atoms with van der Waals surface area (Å²) in [6, 6.07) is 0. The lowest BCUT2D eigenvalue weighted by Gasteiger charge is -2.22. The highest BCUT2D eigenvalue weighted by molar-refractivity contribution is 6.20. The maximum absolute atomic E-state index is 6.14. The van der Waals surface area contributed by atoms with Gasteiger partial charge in [-0.1, -0.05) is 32.6 Å². The lowest BCUT2D eigenvalue weighted by Crippen LogP contribution is -2.29. The monoisotopic (exact) mass is 217 g/mol. The predicted octanol–water partition coefficient (Wildman–Crippen LogP) is 3.56. The molecule has 0 radical (unpaired) electrons. The molecule has 1 fully saturated rings. The summed E-state index contributed by atoms with van der Waals surface area (Å²) < 4.78 is 0. The summed E-state index contributed by atoms with van der Waals surface area (Å²) in [5, 5.41) is 3.84. The van der Waals surface area contributed by atoms with E-state index in [1.54, 1.807) is 0 Å². The van der Waals surface area contributed by atoms with Gasteiger partial charge in [0.15, 0.2) is 0 Å². The molecule has 0 aromatic carbocycles. The zero-order valence-corrected chi connectivity index (χ0v) is 10.2. The molecular weight excluding hydrogens is 194 g/mol. The summed E-state index contributed by atoms with van der Waals surface area (Å²) >= 11 is 6.14. The largest absolute Gasteiger partial charge is 0.315 e. The number of hydrogen-bond donors (Lipinski definition) is 1. The molecule has 0 aliphatic heterocycles. The van der Waals surface area contributed by atoms with Crippen molar-refractivity contribution >= 4 is 11.6 Å². The van der Waals surface area contributed by atoms with Crippen LogP contribution in [-0.2, 0) is 0 Å². The summed E-state index contributed by atoms with van der Waals surface area (Å²) in [5.41, 5.74) is 0. The van der Waals surface area contributed by atoms with E-state index in [-0.39, 0.29) is 0 Å². The van der Waals surface area contributed by atoms with E-state index in [1.807, 2.05) is 0 Å². The summed E-state index contributed by atoms with van der Waals surface area (Å²) in [6.07, 6.45) is 9.50. The molecule has 1 atom stereocenters. The van der Waals surface area contributed by atoms with Crippen molar-refractivity contribution in [3.8, 4) is 0 Å². The third-order valence-electron chi connectivity index (χ3n) is 3.13. The molecule has 1 N–H and O–H groups in total. The summed E-state index contributed by atoms with van der Waals surface area (Å²) in [4.78, 5) is 0. The minimum Gasteiger partial charge on any atom is -0.315 e. The minimum absolute atomic E-state index is 0.337. The van der Waals surface area contributed by atoms with Gasteiger partial charge in [-0.25, -0.2) is 0 Å². The van der Waals surface area contributed by atoms with Crippen LogP contribution < -0.4 is 5.32 Å². The fourth-order valence-corrected chi connectivity index (χ4v) is 2.58. The number of nitrogens with one attached hydrogen (secondary N) is 1. The average molecular weight is 218 g/mol. The Morgan fingerprint density at radius 3 is 2.64 bits per heavy atom. The van der Waals surface area contributed by atoms with Crippen LogP contribution in [0.5, 0.6) is 0 Å². The highest BCUT2D eigenvalue weighted by Crippen LogP contribution is 2.22. The molecule has 1 unspecified atom stereocenters. The van der Waals surface area contributed by atoms with Gasteiger partial charge in [-0.3, -0.25) is 0 Å². The first-order valence-electron chi connectivity index (χ1n) is 6.17. The Hall–Kier alpha value is 0.250. The standard InChI is InChI=1S/C12H24ClN/c1-2-6-12(13)10-14-9-11-7-4-3-5-8-11/h11-12,14H,2-10H2,1H3. The van der Waals surface area contributed by atoms with Gasteiger partial charge in [0.1, 0.15) is 0 Å². The molecule has 0 saturated heterocycles. The second kappa shape index (κ2) is 7.53. The van der Waals surface area contributed by atoms with Gasteiger partial charge in [0.2, 0.25) is 0 Å². The van der Waals surface area contributed by atoms with Crippen molar-refractivity contribution in [2.45, 2.75) is 57.2 Å². The van der Waals surface area contributed by atoms with Crippen LogP contribution >= 0.6 is 11.6 Å². The molecule has 2 heteroatoms. The number of rotatable bonds is 6. The first-order chi connectivity index (χ1) is 6.83. The first kappa shape index (κ1) is 12.3. The number of hydrogen-bond acceptors (Lipinski definition) is 1. The summed E-state index contributed by atoms with van der Waals surface area (Å²) in [6.45, 7) is 4.37. The van der Waals surface area contributed by atoms with E-state index in [0.29, 0.717) is 5.38 Å². The minimum atomic E-state index is 0.337. The molecule has 0 aromatic rings. The second-order valence-electron chi connectivity index (χ2n) is 4.55. The van der Waals surface area contributed by atoms with E-state index < -0.39 is 0 Å². The fourth-order valence-electron chi connectivity index (χ4n) is 2.25. The molecule has 14 heavy (non-hydrogen) atoms. The Labute approximate surface area is 93.6 Å². The van der Waals surface area contributed by atoms with Crippen LogP contribution in [0.15, 0.2) is 0 Å². The van der Waals surface area contributed by atoms with Crippen molar-refractivity contribution in [3.05, 3.63) is 0 Å².